The summed E-state index contributed by atoms with van der Waals surface area (Å²) < 4.78 is 2.25. The van der Waals surface area contributed by atoms with E-state index in [9.17, 15) is 0 Å². The third-order valence-electron chi connectivity index (χ3n) is 3.84. The average molecular weight is 221 g/mol. The SMILES string of the molecule is CC(c1ccc(CN)n1C)N1CCCCC1. The maximum absolute atomic E-state index is 5.71. The van der Waals surface area contributed by atoms with Gasteiger partial charge in [0.2, 0.25) is 0 Å². The van der Waals surface area contributed by atoms with E-state index in [-0.39, 0.29) is 0 Å². The van der Waals surface area contributed by atoms with Gasteiger partial charge in [0.15, 0.2) is 0 Å². The van der Waals surface area contributed by atoms with Gasteiger partial charge in [0.1, 0.15) is 0 Å². The monoisotopic (exact) mass is 221 g/mol. The van der Waals surface area contributed by atoms with Crippen molar-refractivity contribution in [3.63, 3.8) is 0 Å². The molecular formula is C13H23N3. The highest BCUT2D eigenvalue weighted by Gasteiger charge is 2.20. The third-order valence-corrected chi connectivity index (χ3v) is 3.84. The smallest absolute Gasteiger partial charge is 0.0472 e. The fourth-order valence-corrected chi connectivity index (χ4v) is 2.69. The van der Waals surface area contributed by atoms with Gasteiger partial charge in [-0.1, -0.05) is 6.42 Å². The molecule has 0 saturated carbocycles. The Labute approximate surface area is 98.2 Å². The van der Waals surface area contributed by atoms with Crippen molar-refractivity contribution < 1.29 is 0 Å². The first-order valence-corrected chi connectivity index (χ1v) is 6.32. The van der Waals surface area contributed by atoms with Crippen LogP contribution in [0.25, 0.3) is 0 Å². The van der Waals surface area contributed by atoms with Gasteiger partial charge in [0, 0.05) is 31.0 Å². The number of piperidine rings is 1. The molecule has 1 atom stereocenters. The Hall–Kier alpha value is -0.800. The minimum Gasteiger partial charge on any atom is -0.349 e. The van der Waals surface area contributed by atoms with Crippen LogP contribution in [0, 0.1) is 0 Å². The number of aromatic nitrogens is 1. The van der Waals surface area contributed by atoms with Crippen molar-refractivity contribution in [3.8, 4) is 0 Å². The molecule has 1 aromatic heterocycles. The lowest BCUT2D eigenvalue weighted by atomic mass is 10.1. The fourth-order valence-electron chi connectivity index (χ4n) is 2.69. The van der Waals surface area contributed by atoms with Crippen LogP contribution in [0.3, 0.4) is 0 Å². The summed E-state index contributed by atoms with van der Waals surface area (Å²) >= 11 is 0. The summed E-state index contributed by atoms with van der Waals surface area (Å²) in [4.78, 5) is 2.58. The minimum absolute atomic E-state index is 0.519. The highest BCUT2D eigenvalue weighted by atomic mass is 15.2. The van der Waals surface area contributed by atoms with Crippen LogP contribution in [-0.4, -0.2) is 22.6 Å². The van der Waals surface area contributed by atoms with E-state index in [4.69, 9.17) is 5.73 Å². The predicted octanol–water partition coefficient (Wildman–Crippen LogP) is 2.03. The highest BCUT2D eigenvalue weighted by molar-refractivity contribution is 5.18. The molecule has 0 amide bonds. The number of rotatable bonds is 3. The zero-order chi connectivity index (χ0) is 11.5. The van der Waals surface area contributed by atoms with Crippen LogP contribution in [0.2, 0.25) is 0 Å². The van der Waals surface area contributed by atoms with Gasteiger partial charge < -0.3 is 10.3 Å². The second-order valence-corrected chi connectivity index (χ2v) is 4.79. The lowest BCUT2D eigenvalue weighted by Gasteiger charge is -2.32. The quantitative estimate of drug-likeness (QED) is 0.847. The third kappa shape index (κ3) is 2.15. The van der Waals surface area contributed by atoms with Crippen molar-refractivity contribution in [2.24, 2.45) is 12.8 Å². The Kier molecular flexibility index (Phi) is 3.66. The number of hydrogen-bond acceptors (Lipinski definition) is 2. The minimum atomic E-state index is 0.519. The van der Waals surface area contributed by atoms with E-state index in [1.807, 2.05) is 0 Å². The van der Waals surface area contributed by atoms with Crippen molar-refractivity contribution in [1.29, 1.82) is 0 Å². The number of hydrogen-bond donors (Lipinski definition) is 1. The second kappa shape index (κ2) is 5.02. The van der Waals surface area contributed by atoms with Crippen LogP contribution >= 0.6 is 0 Å². The molecule has 3 nitrogen and oxygen atoms in total. The van der Waals surface area contributed by atoms with Gasteiger partial charge in [-0.25, -0.2) is 0 Å². The van der Waals surface area contributed by atoms with Crippen molar-refractivity contribution in [1.82, 2.24) is 9.47 Å². The molecule has 0 bridgehead atoms. The molecule has 2 heterocycles. The van der Waals surface area contributed by atoms with E-state index < -0.39 is 0 Å². The van der Waals surface area contributed by atoms with Crippen LogP contribution < -0.4 is 5.73 Å². The Bertz CT molecular complexity index is 337. The van der Waals surface area contributed by atoms with Gasteiger partial charge in [-0.15, -0.1) is 0 Å². The molecule has 1 unspecified atom stereocenters. The molecule has 90 valence electrons. The summed E-state index contributed by atoms with van der Waals surface area (Å²) in [6.45, 7) is 5.42. The van der Waals surface area contributed by atoms with Gasteiger partial charge in [0.05, 0.1) is 0 Å². The molecule has 0 spiro atoms. The van der Waals surface area contributed by atoms with Gasteiger partial charge in [-0.05, 0) is 45.0 Å². The lowest BCUT2D eigenvalue weighted by Crippen LogP contribution is -2.33. The fraction of sp³-hybridized carbons (Fsp3) is 0.692. The van der Waals surface area contributed by atoms with E-state index in [1.165, 1.54) is 43.7 Å². The van der Waals surface area contributed by atoms with E-state index in [2.05, 4.69) is 35.6 Å². The lowest BCUT2D eigenvalue weighted by molar-refractivity contribution is 0.169. The Morgan fingerprint density at radius 3 is 2.50 bits per heavy atom. The topological polar surface area (TPSA) is 34.2 Å². The first kappa shape index (κ1) is 11.7. The van der Waals surface area contributed by atoms with Crippen LogP contribution in [0.4, 0.5) is 0 Å². The molecule has 0 aliphatic carbocycles. The van der Waals surface area contributed by atoms with E-state index in [0.717, 1.165) is 0 Å². The number of nitrogens with zero attached hydrogens (tertiary/aromatic N) is 2. The predicted molar refractivity (Wildman–Crippen MR) is 67.1 cm³/mol. The molecule has 3 heteroatoms. The van der Waals surface area contributed by atoms with Gasteiger partial charge >= 0.3 is 0 Å². The summed E-state index contributed by atoms with van der Waals surface area (Å²) in [6.07, 6.45) is 4.08. The molecule has 2 rings (SSSR count). The Morgan fingerprint density at radius 2 is 1.94 bits per heavy atom. The zero-order valence-corrected chi connectivity index (χ0v) is 10.4. The summed E-state index contributed by atoms with van der Waals surface area (Å²) in [7, 11) is 2.12. The Morgan fingerprint density at radius 1 is 1.25 bits per heavy atom. The molecule has 1 fully saturated rings. The van der Waals surface area contributed by atoms with Crippen LogP contribution in [-0.2, 0) is 13.6 Å². The summed E-state index contributed by atoms with van der Waals surface area (Å²) in [6, 6.07) is 4.89. The zero-order valence-electron chi connectivity index (χ0n) is 10.4. The van der Waals surface area contributed by atoms with Crippen molar-refractivity contribution >= 4 is 0 Å². The van der Waals surface area contributed by atoms with Gasteiger partial charge in [0.25, 0.3) is 0 Å². The van der Waals surface area contributed by atoms with Crippen LogP contribution in [0.1, 0.15) is 43.6 Å². The summed E-state index contributed by atoms with van der Waals surface area (Å²) in [5.74, 6) is 0. The summed E-state index contributed by atoms with van der Waals surface area (Å²) in [5.41, 5.74) is 8.32. The van der Waals surface area contributed by atoms with Crippen LogP contribution in [0.5, 0.6) is 0 Å². The van der Waals surface area contributed by atoms with Gasteiger partial charge in [-0.2, -0.15) is 0 Å². The molecule has 1 saturated heterocycles. The van der Waals surface area contributed by atoms with Crippen molar-refractivity contribution in [3.05, 3.63) is 23.5 Å². The standard InChI is InChI=1S/C13H23N3/c1-11(16-8-4-3-5-9-16)13-7-6-12(10-14)15(13)2/h6-7,11H,3-5,8-10,14H2,1-2H3. The first-order valence-electron chi connectivity index (χ1n) is 6.32. The number of likely N-dealkylation sites (tertiary alicyclic amines) is 1. The molecule has 1 aliphatic heterocycles. The molecule has 1 aromatic rings. The Balaban J connectivity index is 2.12. The number of nitrogens with two attached hydrogens (primary N) is 1. The first-order chi connectivity index (χ1) is 7.74. The van der Waals surface area contributed by atoms with Crippen molar-refractivity contribution in [2.45, 2.75) is 38.8 Å². The van der Waals surface area contributed by atoms with Gasteiger partial charge in [-0.3, -0.25) is 4.90 Å². The highest BCUT2D eigenvalue weighted by Crippen LogP contribution is 2.25. The molecule has 16 heavy (non-hydrogen) atoms. The maximum Gasteiger partial charge on any atom is 0.0472 e. The molecule has 1 aliphatic rings. The average Bonchev–Trinajstić information content (AvgIpc) is 2.70. The molecule has 0 aromatic carbocycles. The second-order valence-electron chi connectivity index (χ2n) is 4.79. The van der Waals surface area contributed by atoms with E-state index in [0.29, 0.717) is 12.6 Å². The normalized spacial score (nSPS) is 19.9. The molecule has 0 radical (unpaired) electrons. The van der Waals surface area contributed by atoms with Crippen LogP contribution in [0.15, 0.2) is 12.1 Å². The van der Waals surface area contributed by atoms with E-state index >= 15 is 0 Å². The molecule has 2 N–H and O–H groups in total. The van der Waals surface area contributed by atoms with Crippen molar-refractivity contribution in [2.75, 3.05) is 13.1 Å². The summed E-state index contributed by atoms with van der Waals surface area (Å²) in [5, 5.41) is 0. The maximum atomic E-state index is 5.71. The molecular weight excluding hydrogens is 198 g/mol. The van der Waals surface area contributed by atoms with E-state index in [1.54, 1.807) is 0 Å². The largest absolute Gasteiger partial charge is 0.349 e.